The summed E-state index contributed by atoms with van der Waals surface area (Å²) in [6, 6.07) is 14.6. The summed E-state index contributed by atoms with van der Waals surface area (Å²) in [6.07, 6.45) is 0. The fourth-order valence-electron chi connectivity index (χ4n) is 3.04. The number of benzene rings is 2. The van der Waals surface area contributed by atoms with Crippen molar-refractivity contribution in [2.45, 2.75) is 9.79 Å². The Morgan fingerprint density at radius 3 is 1.31 bits per heavy atom. The minimum Gasteiger partial charge on any atom is -0.379 e. The molecule has 2 aromatic rings. The Hall–Kier alpha value is -3.46. The van der Waals surface area contributed by atoms with Gasteiger partial charge in [0.25, 0.3) is 11.8 Å². The van der Waals surface area contributed by atoms with Gasteiger partial charge in [-0.1, -0.05) is 31.8 Å². The molecule has 0 spiro atoms. The van der Waals surface area contributed by atoms with Crippen LogP contribution in [0.1, 0.15) is 20.7 Å². The van der Waals surface area contributed by atoms with Gasteiger partial charge >= 0.3 is 0 Å². The first-order valence-corrected chi connectivity index (χ1v) is 15.2. The average Bonchev–Trinajstić information content (AvgIpc) is 3.02. The molecular weight excluding hydrogens is 584 g/mol. The van der Waals surface area contributed by atoms with E-state index in [4.69, 9.17) is 30.0 Å². The number of carbonyl (C=O) groups excluding carboxylic acids is 2. The van der Waals surface area contributed by atoms with Gasteiger partial charge in [-0.2, -0.15) is 0 Å². The first-order valence-electron chi connectivity index (χ1n) is 13.1. The van der Waals surface area contributed by atoms with Crippen LogP contribution >= 0.6 is 21.6 Å². The molecule has 0 aliphatic heterocycles. The zero-order valence-corrected chi connectivity index (χ0v) is 24.7. The molecule has 42 heavy (non-hydrogen) atoms. The monoisotopic (exact) mass is 618 g/mol. The van der Waals surface area contributed by atoms with Crippen LogP contribution in [0.15, 0.2) is 68.6 Å². The van der Waals surface area contributed by atoms with Crippen molar-refractivity contribution in [1.82, 2.24) is 10.6 Å². The quantitative estimate of drug-likeness (QED) is 0.0591. The molecule has 0 unspecified atom stereocenters. The number of nitrogens with zero attached hydrogens (tertiary/aromatic N) is 6. The van der Waals surface area contributed by atoms with Crippen LogP contribution < -0.4 is 10.6 Å². The first-order chi connectivity index (χ1) is 20.6. The van der Waals surface area contributed by atoms with Crippen molar-refractivity contribution < 1.29 is 28.5 Å². The molecule has 0 atom stereocenters. The van der Waals surface area contributed by atoms with Crippen LogP contribution in [0, 0.1) is 0 Å². The lowest BCUT2D eigenvalue weighted by Crippen LogP contribution is -2.27. The number of ether oxygens (including phenoxy) is 4. The van der Waals surface area contributed by atoms with Gasteiger partial charge in [-0.3, -0.25) is 9.59 Å². The maximum Gasteiger partial charge on any atom is 0.251 e. The summed E-state index contributed by atoms with van der Waals surface area (Å²) in [4.78, 5) is 31.9. The molecule has 16 heteroatoms. The van der Waals surface area contributed by atoms with Gasteiger partial charge in [0.2, 0.25) is 0 Å². The first kappa shape index (κ1) is 34.7. The number of nitrogens with one attached hydrogen (secondary N) is 2. The predicted molar refractivity (Wildman–Crippen MR) is 161 cm³/mol. The van der Waals surface area contributed by atoms with E-state index in [2.05, 4.69) is 30.7 Å². The number of rotatable bonds is 23. The Kier molecular flexibility index (Phi) is 19.1. The molecule has 226 valence electrons. The highest BCUT2D eigenvalue weighted by Crippen LogP contribution is 2.37. The third-order valence-corrected chi connectivity index (χ3v) is 7.49. The third-order valence-electron chi connectivity index (χ3n) is 5.07. The second-order valence-electron chi connectivity index (χ2n) is 8.09. The van der Waals surface area contributed by atoms with Crippen molar-refractivity contribution >= 4 is 33.4 Å². The van der Waals surface area contributed by atoms with Crippen molar-refractivity contribution in [1.29, 1.82) is 0 Å². The van der Waals surface area contributed by atoms with Crippen LogP contribution in [0.5, 0.6) is 0 Å². The highest BCUT2D eigenvalue weighted by molar-refractivity contribution is 8.76. The van der Waals surface area contributed by atoms with Crippen molar-refractivity contribution in [3.8, 4) is 0 Å². The van der Waals surface area contributed by atoms with Gasteiger partial charge in [0, 0.05) is 56.9 Å². The fraction of sp³-hybridized carbons (Fsp3) is 0.462. The Labute approximate surface area is 251 Å². The lowest BCUT2D eigenvalue weighted by atomic mass is 10.2. The zero-order valence-electron chi connectivity index (χ0n) is 23.1. The zero-order chi connectivity index (χ0) is 30.1. The summed E-state index contributed by atoms with van der Waals surface area (Å²) in [6.45, 7) is 4.33. The van der Waals surface area contributed by atoms with E-state index in [-0.39, 0.29) is 24.9 Å². The van der Waals surface area contributed by atoms with Gasteiger partial charge in [0.15, 0.2) is 0 Å². The number of carbonyl (C=O) groups is 2. The molecule has 2 aromatic carbocycles. The molecule has 0 fully saturated rings. The Balaban J connectivity index is 1.57. The van der Waals surface area contributed by atoms with Gasteiger partial charge in [-0.15, -0.1) is 0 Å². The van der Waals surface area contributed by atoms with Crippen LogP contribution in [0.3, 0.4) is 0 Å². The predicted octanol–water partition coefficient (Wildman–Crippen LogP) is 4.63. The van der Waals surface area contributed by atoms with Crippen LogP contribution in [-0.4, -0.2) is 90.8 Å². The van der Waals surface area contributed by atoms with Crippen LogP contribution in [0.2, 0.25) is 0 Å². The molecule has 0 aliphatic rings. The minimum absolute atomic E-state index is 0.179. The van der Waals surface area contributed by atoms with Gasteiger partial charge in [0.1, 0.15) is 0 Å². The number of hydrogen-bond acceptors (Lipinski definition) is 10. The number of azide groups is 2. The maximum absolute atomic E-state index is 12.3. The molecule has 14 nitrogen and oxygen atoms in total. The number of amides is 2. The average molecular weight is 619 g/mol. The van der Waals surface area contributed by atoms with E-state index in [0.717, 1.165) is 9.79 Å². The molecule has 0 aromatic heterocycles. The standard InChI is InChI=1S/C26H34N8O6S2/c27-33-31-11-15-39-19-17-37-13-9-29-25(35)21-1-5-23(6-2-21)41-42-24-7-3-22(4-8-24)26(36)30-10-14-38-18-20-40-16-12-32-34-28/h1-8H,9-20H2,(H,29,35)(H,30,36). The van der Waals surface area contributed by atoms with Gasteiger partial charge in [-0.25, -0.2) is 0 Å². The van der Waals surface area contributed by atoms with E-state index in [1.165, 1.54) is 0 Å². The van der Waals surface area contributed by atoms with Crippen molar-refractivity contribution in [3.63, 3.8) is 0 Å². The summed E-state index contributed by atoms with van der Waals surface area (Å²) in [7, 11) is 3.11. The molecular formula is C26H34N8O6S2. The van der Waals surface area contributed by atoms with E-state index in [0.29, 0.717) is 77.1 Å². The highest BCUT2D eigenvalue weighted by atomic mass is 33.1. The molecule has 2 N–H and O–H groups in total. The minimum atomic E-state index is -0.179. The fourth-order valence-corrected chi connectivity index (χ4v) is 4.97. The molecule has 0 radical (unpaired) electrons. The molecule has 2 amide bonds. The lowest BCUT2D eigenvalue weighted by molar-refractivity contribution is 0.0511. The molecule has 0 saturated heterocycles. The summed E-state index contributed by atoms with van der Waals surface area (Å²) < 4.78 is 21.3. The van der Waals surface area contributed by atoms with E-state index in [1.54, 1.807) is 45.9 Å². The Morgan fingerprint density at radius 2 is 0.952 bits per heavy atom. The van der Waals surface area contributed by atoms with E-state index in [1.807, 2.05) is 24.3 Å². The summed E-state index contributed by atoms with van der Waals surface area (Å²) in [5.74, 6) is -0.358. The second-order valence-corrected chi connectivity index (χ2v) is 10.4. The van der Waals surface area contributed by atoms with Crippen LogP contribution in [-0.2, 0) is 18.9 Å². The molecule has 0 bridgehead atoms. The molecule has 0 saturated carbocycles. The van der Waals surface area contributed by atoms with Gasteiger partial charge in [0.05, 0.1) is 52.9 Å². The van der Waals surface area contributed by atoms with Crippen molar-refractivity contribution in [2.24, 2.45) is 10.2 Å². The lowest BCUT2D eigenvalue weighted by Gasteiger charge is -2.08. The third kappa shape index (κ3) is 16.1. The van der Waals surface area contributed by atoms with Gasteiger partial charge < -0.3 is 29.6 Å². The molecule has 2 rings (SSSR count). The van der Waals surface area contributed by atoms with E-state index in [9.17, 15) is 9.59 Å². The molecule has 0 heterocycles. The maximum atomic E-state index is 12.3. The summed E-state index contributed by atoms with van der Waals surface area (Å²) >= 11 is 0. The summed E-state index contributed by atoms with van der Waals surface area (Å²) in [5, 5.41) is 12.4. The Bertz CT molecular complexity index is 1070. The van der Waals surface area contributed by atoms with Crippen LogP contribution in [0.4, 0.5) is 0 Å². The number of hydrogen-bond donors (Lipinski definition) is 2. The molecule has 0 aliphatic carbocycles. The largest absolute Gasteiger partial charge is 0.379 e. The Morgan fingerprint density at radius 1 is 0.595 bits per heavy atom. The summed E-state index contributed by atoms with van der Waals surface area (Å²) in [5.41, 5.74) is 17.5. The van der Waals surface area contributed by atoms with Crippen LogP contribution in [0.25, 0.3) is 20.9 Å². The SMILES string of the molecule is [N-]=[N+]=NCCOCCOCCNC(=O)c1ccc(SSc2ccc(C(=O)NCCOCCOCCN=[N+]=[N-])cc2)cc1. The normalized spacial score (nSPS) is 10.4. The second kappa shape index (κ2) is 23.1. The van der Waals surface area contributed by atoms with E-state index < -0.39 is 0 Å². The highest BCUT2D eigenvalue weighted by Gasteiger charge is 2.07. The van der Waals surface area contributed by atoms with E-state index >= 15 is 0 Å². The smallest absolute Gasteiger partial charge is 0.251 e. The van der Waals surface area contributed by atoms with Gasteiger partial charge in [-0.05, 0) is 59.6 Å². The van der Waals surface area contributed by atoms with Crippen molar-refractivity contribution in [2.75, 3.05) is 79.0 Å². The topological polar surface area (TPSA) is 193 Å². The van der Waals surface area contributed by atoms with Crippen molar-refractivity contribution in [3.05, 3.63) is 80.5 Å².